The van der Waals surface area contributed by atoms with Gasteiger partial charge in [-0.1, -0.05) is 31.2 Å². The first-order valence-electron chi connectivity index (χ1n) is 4.70. The molecule has 1 N–H and O–H groups in total. The van der Waals surface area contributed by atoms with Crippen LogP contribution in [0.1, 0.15) is 30.4 Å². The van der Waals surface area contributed by atoms with Gasteiger partial charge < -0.3 is 5.32 Å². The summed E-state index contributed by atoms with van der Waals surface area (Å²) < 4.78 is 0. The molecular weight excluding hydrogens is 146 g/mol. The molecule has 1 nitrogen and oxygen atoms in total. The van der Waals surface area contributed by atoms with Crippen molar-refractivity contribution < 1.29 is 0 Å². The minimum atomic E-state index is 0.731. The SMILES string of the molecule is CC[C@@H]1CNCc2ccccc21. The van der Waals surface area contributed by atoms with Crippen LogP contribution in [0.3, 0.4) is 0 Å². The first kappa shape index (κ1) is 7.81. The summed E-state index contributed by atoms with van der Waals surface area (Å²) in [5.74, 6) is 0.731. The second-order valence-electron chi connectivity index (χ2n) is 3.43. The summed E-state index contributed by atoms with van der Waals surface area (Å²) in [6, 6.07) is 8.76. The molecule has 0 radical (unpaired) electrons. The van der Waals surface area contributed by atoms with Gasteiger partial charge in [-0.15, -0.1) is 0 Å². The molecule has 0 amide bonds. The highest BCUT2D eigenvalue weighted by molar-refractivity contribution is 5.32. The van der Waals surface area contributed by atoms with E-state index < -0.39 is 0 Å². The lowest BCUT2D eigenvalue weighted by atomic mass is 9.89. The van der Waals surface area contributed by atoms with Crippen LogP contribution in [-0.4, -0.2) is 6.54 Å². The Hall–Kier alpha value is -0.820. The van der Waals surface area contributed by atoms with Gasteiger partial charge in [-0.3, -0.25) is 0 Å². The lowest BCUT2D eigenvalue weighted by Crippen LogP contribution is -2.27. The summed E-state index contributed by atoms with van der Waals surface area (Å²) in [4.78, 5) is 0. The van der Waals surface area contributed by atoms with Crippen LogP contribution in [0, 0.1) is 0 Å². The zero-order valence-electron chi connectivity index (χ0n) is 7.51. The maximum absolute atomic E-state index is 3.44. The van der Waals surface area contributed by atoms with E-state index in [0.717, 1.165) is 19.0 Å². The highest BCUT2D eigenvalue weighted by Gasteiger charge is 2.16. The smallest absolute Gasteiger partial charge is 0.0208 e. The highest BCUT2D eigenvalue weighted by atomic mass is 14.9. The van der Waals surface area contributed by atoms with Crippen LogP contribution >= 0.6 is 0 Å². The Morgan fingerprint density at radius 1 is 1.42 bits per heavy atom. The molecule has 0 spiro atoms. The number of rotatable bonds is 1. The lowest BCUT2D eigenvalue weighted by molar-refractivity contribution is 0.530. The Bertz CT molecular complexity index is 267. The van der Waals surface area contributed by atoms with E-state index >= 15 is 0 Å². The van der Waals surface area contributed by atoms with Crippen LogP contribution in [0.4, 0.5) is 0 Å². The Morgan fingerprint density at radius 2 is 2.25 bits per heavy atom. The van der Waals surface area contributed by atoms with Gasteiger partial charge in [-0.05, 0) is 23.5 Å². The third-order valence-corrected chi connectivity index (χ3v) is 2.69. The number of nitrogens with one attached hydrogen (secondary N) is 1. The highest BCUT2D eigenvalue weighted by Crippen LogP contribution is 2.25. The molecule has 1 aromatic rings. The lowest BCUT2D eigenvalue weighted by Gasteiger charge is -2.25. The molecule has 0 unspecified atom stereocenters. The number of hydrogen-bond donors (Lipinski definition) is 1. The summed E-state index contributed by atoms with van der Waals surface area (Å²) in [6.45, 7) is 4.45. The molecule has 12 heavy (non-hydrogen) atoms. The van der Waals surface area contributed by atoms with Crippen LogP contribution in [0.15, 0.2) is 24.3 Å². The summed E-state index contributed by atoms with van der Waals surface area (Å²) in [7, 11) is 0. The van der Waals surface area contributed by atoms with E-state index in [4.69, 9.17) is 0 Å². The van der Waals surface area contributed by atoms with Crippen LogP contribution in [0.2, 0.25) is 0 Å². The van der Waals surface area contributed by atoms with Crippen molar-refractivity contribution in [1.82, 2.24) is 5.32 Å². The maximum Gasteiger partial charge on any atom is 0.0208 e. The van der Waals surface area contributed by atoms with Crippen molar-refractivity contribution in [2.75, 3.05) is 6.54 Å². The normalized spacial score (nSPS) is 21.9. The second kappa shape index (κ2) is 3.28. The van der Waals surface area contributed by atoms with E-state index in [1.807, 2.05) is 0 Å². The van der Waals surface area contributed by atoms with Crippen molar-refractivity contribution in [2.24, 2.45) is 0 Å². The molecule has 0 saturated carbocycles. The molecule has 1 heteroatoms. The van der Waals surface area contributed by atoms with Gasteiger partial charge in [0.25, 0.3) is 0 Å². The molecule has 1 aliphatic rings. The molecule has 0 fully saturated rings. The van der Waals surface area contributed by atoms with Crippen molar-refractivity contribution in [1.29, 1.82) is 0 Å². The second-order valence-corrected chi connectivity index (χ2v) is 3.43. The standard InChI is InChI=1S/C11H15N/c1-2-9-7-12-8-10-5-3-4-6-11(9)10/h3-6,9,12H,2,7-8H2,1H3/t9-/m1/s1. The Balaban J connectivity index is 2.37. The van der Waals surface area contributed by atoms with E-state index in [9.17, 15) is 0 Å². The van der Waals surface area contributed by atoms with Crippen molar-refractivity contribution >= 4 is 0 Å². The summed E-state index contributed by atoms with van der Waals surface area (Å²) in [6.07, 6.45) is 1.24. The fourth-order valence-corrected chi connectivity index (χ4v) is 1.95. The Morgan fingerprint density at radius 3 is 3.08 bits per heavy atom. The Labute approximate surface area is 73.8 Å². The van der Waals surface area contributed by atoms with Crippen LogP contribution in [-0.2, 0) is 6.54 Å². The van der Waals surface area contributed by atoms with Crippen LogP contribution < -0.4 is 5.32 Å². The van der Waals surface area contributed by atoms with Gasteiger partial charge in [-0.25, -0.2) is 0 Å². The third kappa shape index (κ3) is 1.25. The minimum absolute atomic E-state index is 0.731. The molecular formula is C11H15N. The van der Waals surface area contributed by atoms with Crippen molar-refractivity contribution in [3.63, 3.8) is 0 Å². The molecule has 1 heterocycles. The molecule has 2 rings (SSSR count). The molecule has 0 bridgehead atoms. The first-order valence-corrected chi connectivity index (χ1v) is 4.70. The predicted molar refractivity (Wildman–Crippen MR) is 51.2 cm³/mol. The van der Waals surface area contributed by atoms with Gasteiger partial charge >= 0.3 is 0 Å². The van der Waals surface area contributed by atoms with Gasteiger partial charge in [0, 0.05) is 13.1 Å². The number of fused-ring (bicyclic) bond motifs is 1. The van der Waals surface area contributed by atoms with Gasteiger partial charge in [0.1, 0.15) is 0 Å². The average molecular weight is 161 g/mol. The van der Waals surface area contributed by atoms with Gasteiger partial charge in [0.2, 0.25) is 0 Å². The fourth-order valence-electron chi connectivity index (χ4n) is 1.95. The van der Waals surface area contributed by atoms with Crippen molar-refractivity contribution in [3.8, 4) is 0 Å². The first-order chi connectivity index (χ1) is 5.92. The van der Waals surface area contributed by atoms with E-state index in [2.05, 4.69) is 36.5 Å². The zero-order chi connectivity index (χ0) is 8.39. The summed E-state index contributed by atoms with van der Waals surface area (Å²) >= 11 is 0. The molecule has 64 valence electrons. The monoisotopic (exact) mass is 161 g/mol. The summed E-state index contributed by atoms with van der Waals surface area (Å²) in [5.41, 5.74) is 3.04. The van der Waals surface area contributed by atoms with Crippen molar-refractivity contribution in [3.05, 3.63) is 35.4 Å². The number of hydrogen-bond acceptors (Lipinski definition) is 1. The molecule has 0 aliphatic carbocycles. The van der Waals surface area contributed by atoms with Gasteiger partial charge in [0.05, 0.1) is 0 Å². The topological polar surface area (TPSA) is 12.0 Å². The molecule has 1 atom stereocenters. The van der Waals surface area contributed by atoms with Gasteiger partial charge in [0.15, 0.2) is 0 Å². The molecule has 0 saturated heterocycles. The van der Waals surface area contributed by atoms with Gasteiger partial charge in [-0.2, -0.15) is 0 Å². The van der Waals surface area contributed by atoms with E-state index in [1.165, 1.54) is 12.0 Å². The average Bonchev–Trinajstić information content (AvgIpc) is 2.17. The minimum Gasteiger partial charge on any atom is -0.312 e. The molecule has 1 aromatic carbocycles. The number of benzene rings is 1. The molecule has 0 aromatic heterocycles. The quantitative estimate of drug-likeness (QED) is 0.666. The largest absolute Gasteiger partial charge is 0.312 e. The Kier molecular flexibility index (Phi) is 2.13. The molecule has 1 aliphatic heterocycles. The zero-order valence-corrected chi connectivity index (χ0v) is 7.51. The summed E-state index contributed by atoms with van der Waals surface area (Å²) in [5, 5.41) is 3.44. The third-order valence-electron chi connectivity index (χ3n) is 2.69. The maximum atomic E-state index is 3.44. The van der Waals surface area contributed by atoms with Crippen molar-refractivity contribution in [2.45, 2.75) is 25.8 Å². The fraction of sp³-hybridized carbons (Fsp3) is 0.455. The van der Waals surface area contributed by atoms with Crippen LogP contribution in [0.5, 0.6) is 0 Å². The predicted octanol–water partition coefficient (Wildman–Crippen LogP) is 2.28. The van der Waals surface area contributed by atoms with Crippen LogP contribution in [0.25, 0.3) is 0 Å². The van der Waals surface area contributed by atoms with E-state index in [-0.39, 0.29) is 0 Å². The van der Waals surface area contributed by atoms with E-state index in [0.29, 0.717) is 0 Å². The van der Waals surface area contributed by atoms with E-state index in [1.54, 1.807) is 5.56 Å².